The summed E-state index contributed by atoms with van der Waals surface area (Å²) in [5, 5.41) is 9.57. The Labute approximate surface area is 55.0 Å². The Morgan fingerprint density at radius 1 is 1.62 bits per heavy atom. The number of hydrogen-bond donors (Lipinski definition) is 1. The molecule has 0 aromatic carbocycles. The van der Waals surface area contributed by atoms with E-state index in [9.17, 15) is 0 Å². The summed E-state index contributed by atoms with van der Waals surface area (Å²) < 4.78 is 0. The minimum Gasteiger partial charge on any atom is -0.385 e. The Bertz CT molecular complexity index is 99.6. The minimum absolute atomic E-state index is 0.484. The Balaban J connectivity index is 4.03. The second kappa shape index (κ2) is 2.51. The molecule has 0 aromatic heterocycles. The van der Waals surface area contributed by atoms with E-state index in [2.05, 4.69) is 0 Å². The Morgan fingerprint density at radius 2 is 2.00 bits per heavy atom. The molecule has 0 radical (unpaired) electrons. The van der Waals surface area contributed by atoms with E-state index in [0.717, 1.165) is 0 Å². The van der Waals surface area contributed by atoms with E-state index >= 15 is 0 Å². The van der Waals surface area contributed by atoms with Crippen LogP contribution in [0.1, 0.15) is 20.8 Å². The first kappa shape index (κ1) is 7.99. The van der Waals surface area contributed by atoms with Gasteiger partial charge in [0.25, 0.3) is 0 Å². The van der Waals surface area contributed by atoms with Crippen molar-refractivity contribution in [1.82, 2.24) is 0 Å². The largest absolute Gasteiger partial charge is 0.385 e. The number of halogens is 1. The van der Waals surface area contributed by atoms with Gasteiger partial charge in [0.1, 0.15) is 0 Å². The molecule has 0 spiro atoms. The van der Waals surface area contributed by atoms with E-state index in [1.54, 1.807) is 26.8 Å². The summed E-state index contributed by atoms with van der Waals surface area (Å²) in [6, 6.07) is 0. The summed E-state index contributed by atoms with van der Waals surface area (Å²) in [7, 11) is 0. The number of rotatable bonds is 1. The van der Waals surface area contributed by atoms with Crippen molar-refractivity contribution in [1.29, 1.82) is 0 Å². The van der Waals surface area contributed by atoms with Gasteiger partial charge in [-0.05, 0) is 20.8 Å². The standard InChI is InChI=1S/C6H11ClO/c1-4-5(7)6(2,3)8/h4,8H,1-3H3/b5-4-. The molecule has 0 unspecified atom stereocenters. The smallest absolute Gasteiger partial charge is 0.0942 e. The van der Waals surface area contributed by atoms with Gasteiger partial charge in [-0.25, -0.2) is 0 Å². The highest BCUT2D eigenvalue weighted by Crippen LogP contribution is 2.18. The lowest BCUT2D eigenvalue weighted by Gasteiger charge is -2.14. The summed E-state index contributed by atoms with van der Waals surface area (Å²) in [6.07, 6.45) is 1.68. The zero-order valence-electron chi connectivity index (χ0n) is 5.40. The first-order chi connectivity index (χ1) is 3.48. The van der Waals surface area contributed by atoms with Crippen LogP contribution >= 0.6 is 11.6 Å². The van der Waals surface area contributed by atoms with E-state index in [4.69, 9.17) is 16.7 Å². The van der Waals surface area contributed by atoms with Crippen molar-refractivity contribution in [3.63, 3.8) is 0 Å². The highest BCUT2D eigenvalue weighted by atomic mass is 35.5. The number of hydrogen-bond acceptors (Lipinski definition) is 1. The van der Waals surface area contributed by atoms with Crippen molar-refractivity contribution < 1.29 is 5.11 Å². The molecule has 0 aromatic rings. The zero-order valence-corrected chi connectivity index (χ0v) is 6.16. The average Bonchev–Trinajstić information content (AvgIpc) is 1.62. The van der Waals surface area contributed by atoms with Gasteiger partial charge in [0.05, 0.1) is 5.60 Å². The summed E-state index contributed by atoms with van der Waals surface area (Å²) >= 11 is 5.55. The molecule has 0 fully saturated rings. The van der Waals surface area contributed by atoms with Crippen LogP contribution in [0.2, 0.25) is 0 Å². The van der Waals surface area contributed by atoms with E-state index in [1.165, 1.54) is 0 Å². The molecule has 0 heterocycles. The van der Waals surface area contributed by atoms with Gasteiger partial charge in [0.2, 0.25) is 0 Å². The van der Waals surface area contributed by atoms with Crippen molar-refractivity contribution >= 4 is 11.6 Å². The zero-order chi connectivity index (χ0) is 6.78. The first-order valence-electron chi connectivity index (χ1n) is 2.53. The van der Waals surface area contributed by atoms with Crippen LogP contribution in [0, 0.1) is 0 Å². The van der Waals surface area contributed by atoms with Crippen molar-refractivity contribution in [2.45, 2.75) is 26.4 Å². The highest BCUT2D eigenvalue weighted by molar-refractivity contribution is 6.30. The quantitative estimate of drug-likeness (QED) is 0.581. The van der Waals surface area contributed by atoms with Crippen molar-refractivity contribution in [3.05, 3.63) is 11.1 Å². The lowest BCUT2D eigenvalue weighted by atomic mass is 10.1. The fraction of sp³-hybridized carbons (Fsp3) is 0.667. The fourth-order valence-electron chi connectivity index (χ4n) is 0.353. The maximum absolute atomic E-state index is 9.09. The SMILES string of the molecule is C/C=C(\Cl)C(C)(C)O. The van der Waals surface area contributed by atoms with E-state index in [-0.39, 0.29) is 0 Å². The van der Waals surface area contributed by atoms with Crippen LogP contribution in [0.25, 0.3) is 0 Å². The second-order valence-electron chi connectivity index (χ2n) is 2.20. The molecule has 0 aliphatic heterocycles. The topological polar surface area (TPSA) is 20.2 Å². The van der Waals surface area contributed by atoms with Gasteiger partial charge in [-0.2, -0.15) is 0 Å². The molecular formula is C6H11ClO. The Morgan fingerprint density at radius 3 is 2.00 bits per heavy atom. The third kappa shape index (κ3) is 2.34. The van der Waals surface area contributed by atoms with Gasteiger partial charge in [0, 0.05) is 5.03 Å². The predicted octanol–water partition coefficient (Wildman–Crippen LogP) is 1.90. The molecule has 0 aliphatic rings. The summed E-state index contributed by atoms with van der Waals surface area (Å²) in [5.41, 5.74) is -0.865. The van der Waals surface area contributed by atoms with Crippen LogP contribution in [0.15, 0.2) is 11.1 Å². The van der Waals surface area contributed by atoms with Crippen LogP contribution in [-0.2, 0) is 0 Å². The molecule has 0 rings (SSSR count). The molecule has 0 bridgehead atoms. The van der Waals surface area contributed by atoms with E-state index < -0.39 is 5.60 Å². The predicted molar refractivity (Wildman–Crippen MR) is 35.9 cm³/mol. The van der Waals surface area contributed by atoms with Crippen molar-refractivity contribution in [2.75, 3.05) is 0 Å². The summed E-state index contributed by atoms with van der Waals surface area (Å²) in [4.78, 5) is 0. The molecule has 0 atom stereocenters. The van der Waals surface area contributed by atoms with E-state index in [0.29, 0.717) is 5.03 Å². The molecule has 0 saturated heterocycles. The fourth-order valence-corrected chi connectivity index (χ4v) is 0.353. The third-order valence-corrected chi connectivity index (χ3v) is 1.52. The van der Waals surface area contributed by atoms with Gasteiger partial charge < -0.3 is 5.11 Å². The normalized spacial score (nSPS) is 14.4. The molecule has 0 aliphatic carbocycles. The van der Waals surface area contributed by atoms with Gasteiger partial charge in [-0.15, -0.1) is 0 Å². The van der Waals surface area contributed by atoms with Gasteiger partial charge >= 0.3 is 0 Å². The average molecular weight is 135 g/mol. The van der Waals surface area contributed by atoms with Crippen molar-refractivity contribution in [2.24, 2.45) is 0 Å². The van der Waals surface area contributed by atoms with E-state index in [1.807, 2.05) is 0 Å². The maximum Gasteiger partial charge on any atom is 0.0942 e. The highest BCUT2D eigenvalue weighted by Gasteiger charge is 2.15. The maximum atomic E-state index is 9.09. The molecule has 1 nitrogen and oxygen atoms in total. The van der Waals surface area contributed by atoms with Gasteiger partial charge in [-0.1, -0.05) is 17.7 Å². The lowest BCUT2D eigenvalue weighted by Crippen LogP contribution is -2.18. The molecule has 0 amide bonds. The summed E-state index contributed by atoms with van der Waals surface area (Å²) in [5.74, 6) is 0. The van der Waals surface area contributed by atoms with Gasteiger partial charge in [-0.3, -0.25) is 0 Å². The molecular weight excluding hydrogens is 124 g/mol. The lowest BCUT2D eigenvalue weighted by molar-refractivity contribution is 0.128. The molecule has 1 N–H and O–H groups in total. The van der Waals surface area contributed by atoms with Gasteiger partial charge in [0.15, 0.2) is 0 Å². The Kier molecular flexibility index (Phi) is 2.51. The molecule has 0 saturated carbocycles. The molecule has 8 heavy (non-hydrogen) atoms. The van der Waals surface area contributed by atoms with Crippen LogP contribution in [0.5, 0.6) is 0 Å². The minimum atomic E-state index is -0.865. The Hall–Kier alpha value is -0.0100. The number of allylic oxidation sites excluding steroid dienone is 1. The van der Waals surface area contributed by atoms with Crippen LogP contribution in [0.4, 0.5) is 0 Å². The summed E-state index contributed by atoms with van der Waals surface area (Å²) in [6.45, 7) is 5.09. The van der Waals surface area contributed by atoms with Crippen LogP contribution in [0.3, 0.4) is 0 Å². The van der Waals surface area contributed by atoms with Crippen molar-refractivity contribution in [3.8, 4) is 0 Å². The first-order valence-corrected chi connectivity index (χ1v) is 2.91. The third-order valence-electron chi connectivity index (χ3n) is 0.838. The van der Waals surface area contributed by atoms with Crippen LogP contribution in [-0.4, -0.2) is 10.7 Å². The van der Waals surface area contributed by atoms with Crippen LogP contribution < -0.4 is 0 Å². The molecule has 48 valence electrons. The molecule has 2 heteroatoms. The second-order valence-corrected chi connectivity index (χ2v) is 2.60. The number of aliphatic hydroxyl groups is 1. The monoisotopic (exact) mass is 134 g/mol.